The summed E-state index contributed by atoms with van der Waals surface area (Å²) in [5, 5.41) is 0. The van der Waals surface area contributed by atoms with Gasteiger partial charge in [-0.05, 0) is 32.7 Å². The summed E-state index contributed by atoms with van der Waals surface area (Å²) in [6, 6.07) is 0.0233. The van der Waals surface area contributed by atoms with E-state index in [-0.39, 0.29) is 11.8 Å². The van der Waals surface area contributed by atoms with Gasteiger partial charge in [-0.15, -0.1) is 0 Å². The highest BCUT2D eigenvalue weighted by Gasteiger charge is 2.24. The fourth-order valence-corrected chi connectivity index (χ4v) is 3.32. The molecule has 92 valence electrons. The molecule has 2 N–H and O–H groups in total. The van der Waals surface area contributed by atoms with Gasteiger partial charge >= 0.3 is 0 Å². The van der Waals surface area contributed by atoms with E-state index in [4.69, 9.17) is 5.73 Å². The summed E-state index contributed by atoms with van der Waals surface area (Å²) in [5.74, 6) is 0.508. The SMILES string of the molecule is CC(C)CN(C(C)C)S(=O)(=O)CCCN. The van der Waals surface area contributed by atoms with Gasteiger partial charge in [0.1, 0.15) is 0 Å². The molecule has 0 bridgehead atoms. The van der Waals surface area contributed by atoms with Gasteiger partial charge in [-0.3, -0.25) is 0 Å². The van der Waals surface area contributed by atoms with Crippen LogP contribution >= 0.6 is 0 Å². The van der Waals surface area contributed by atoms with Crippen LogP contribution in [0.3, 0.4) is 0 Å². The first-order valence-electron chi connectivity index (χ1n) is 5.50. The number of nitrogens with zero attached hydrogens (tertiary/aromatic N) is 1. The number of sulfonamides is 1. The Morgan fingerprint density at radius 3 is 2.07 bits per heavy atom. The maximum absolute atomic E-state index is 11.9. The normalized spacial score (nSPS) is 13.1. The first-order valence-corrected chi connectivity index (χ1v) is 7.11. The summed E-state index contributed by atoms with van der Waals surface area (Å²) in [6.45, 7) is 8.86. The lowest BCUT2D eigenvalue weighted by Gasteiger charge is -2.27. The van der Waals surface area contributed by atoms with Crippen molar-refractivity contribution in [3.05, 3.63) is 0 Å². The zero-order valence-corrected chi connectivity index (χ0v) is 11.0. The first kappa shape index (κ1) is 14.9. The van der Waals surface area contributed by atoms with Gasteiger partial charge in [0.15, 0.2) is 0 Å². The second kappa shape index (κ2) is 6.45. The Bertz CT molecular complexity index is 261. The van der Waals surface area contributed by atoms with Gasteiger partial charge in [0.25, 0.3) is 0 Å². The van der Waals surface area contributed by atoms with Crippen LogP contribution in [0.5, 0.6) is 0 Å². The van der Waals surface area contributed by atoms with Gasteiger partial charge < -0.3 is 5.73 Å². The zero-order valence-electron chi connectivity index (χ0n) is 10.2. The molecular formula is C10H24N2O2S. The predicted octanol–water partition coefficient (Wildman–Crippen LogP) is 1.03. The highest BCUT2D eigenvalue weighted by molar-refractivity contribution is 7.89. The van der Waals surface area contributed by atoms with E-state index in [2.05, 4.69) is 0 Å². The van der Waals surface area contributed by atoms with Gasteiger partial charge in [-0.1, -0.05) is 13.8 Å². The molecule has 0 radical (unpaired) electrons. The average molecular weight is 236 g/mol. The summed E-state index contributed by atoms with van der Waals surface area (Å²) < 4.78 is 25.5. The number of hydrogen-bond donors (Lipinski definition) is 1. The standard InChI is InChI=1S/C10H24N2O2S/c1-9(2)8-12(10(3)4)15(13,14)7-5-6-11/h9-10H,5-8,11H2,1-4H3. The summed E-state index contributed by atoms with van der Waals surface area (Å²) in [6.07, 6.45) is 0.531. The van der Waals surface area contributed by atoms with E-state index < -0.39 is 10.0 Å². The van der Waals surface area contributed by atoms with E-state index in [0.29, 0.717) is 25.4 Å². The molecule has 0 amide bonds. The Kier molecular flexibility index (Phi) is 6.40. The fraction of sp³-hybridized carbons (Fsp3) is 1.00. The Balaban J connectivity index is 4.60. The summed E-state index contributed by atoms with van der Waals surface area (Å²) in [7, 11) is -3.13. The number of hydrogen-bond acceptors (Lipinski definition) is 3. The fourth-order valence-electron chi connectivity index (χ4n) is 1.39. The van der Waals surface area contributed by atoms with Crippen LogP contribution < -0.4 is 5.73 Å². The van der Waals surface area contributed by atoms with E-state index >= 15 is 0 Å². The van der Waals surface area contributed by atoms with Crippen molar-refractivity contribution in [3.8, 4) is 0 Å². The average Bonchev–Trinajstić information content (AvgIpc) is 2.10. The monoisotopic (exact) mass is 236 g/mol. The van der Waals surface area contributed by atoms with Crippen molar-refractivity contribution < 1.29 is 8.42 Å². The highest BCUT2D eigenvalue weighted by Crippen LogP contribution is 2.11. The molecule has 0 aliphatic carbocycles. The van der Waals surface area contributed by atoms with Crippen molar-refractivity contribution in [2.45, 2.75) is 40.2 Å². The molecule has 0 spiro atoms. The zero-order chi connectivity index (χ0) is 12.1. The lowest BCUT2D eigenvalue weighted by molar-refractivity contribution is 0.318. The molecular weight excluding hydrogens is 212 g/mol. The van der Waals surface area contributed by atoms with Crippen LogP contribution in [0.25, 0.3) is 0 Å². The largest absolute Gasteiger partial charge is 0.330 e. The summed E-state index contributed by atoms with van der Waals surface area (Å²) in [4.78, 5) is 0. The van der Waals surface area contributed by atoms with Gasteiger partial charge in [0.2, 0.25) is 10.0 Å². The molecule has 0 unspecified atom stereocenters. The van der Waals surface area contributed by atoms with Crippen molar-refractivity contribution in [2.24, 2.45) is 11.7 Å². The molecule has 0 aromatic heterocycles. The van der Waals surface area contributed by atoms with E-state index in [1.165, 1.54) is 0 Å². The molecule has 5 heteroatoms. The number of nitrogens with two attached hydrogens (primary N) is 1. The van der Waals surface area contributed by atoms with Crippen molar-refractivity contribution in [1.29, 1.82) is 0 Å². The van der Waals surface area contributed by atoms with Gasteiger partial charge in [0, 0.05) is 12.6 Å². The van der Waals surface area contributed by atoms with Crippen molar-refractivity contribution in [3.63, 3.8) is 0 Å². The molecule has 0 aliphatic heterocycles. The van der Waals surface area contributed by atoms with Crippen molar-refractivity contribution in [2.75, 3.05) is 18.8 Å². The molecule has 0 saturated heterocycles. The maximum atomic E-state index is 11.9. The first-order chi connectivity index (χ1) is 6.81. The molecule has 4 nitrogen and oxygen atoms in total. The summed E-state index contributed by atoms with van der Waals surface area (Å²) in [5.41, 5.74) is 5.33. The molecule has 0 atom stereocenters. The molecule has 0 heterocycles. The Morgan fingerprint density at radius 1 is 1.20 bits per heavy atom. The third kappa shape index (κ3) is 5.49. The molecule has 0 aromatic carbocycles. The molecule has 0 aliphatic rings. The van der Waals surface area contributed by atoms with E-state index in [1.807, 2.05) is 27.7 Å². The Labute approximate surface area is 93.9 Å². The van der Waals surface area contributed by atoms with E-state index in [1.54, 1.807) is 4.31 Å². The minimum Gasteiger partial charge on any atom is -0.330 e. The third-order valence-corrected chi connectivity index (χ3v) is 4.17. The highest BCUT2D eigenvalue weighted by atomic mass is 32.2. The number of rotatable bonds is 7. The topological polar surface area (TPSA) is 63.4 Å². The van der Waals surface area contributed by atoms with Crippen LogP contribution in [0.1, 0.15) is 34.1 Å². The molecule has 0 aromatic rings. The van der Waals surface area contributed by atoms with Crippen LogP contribution in [0.15, 0.2) is 0 Å². The lowest BCUT2D eigenvalue weighted by atomic mass is 10.2. The van der Waals surface area contributed by atoms with Crippen LogP contribution in [-0.4, -0.2) is 37.6 Å². The lowest BCUT2D eigenvalue weighted by Crippen LogP contribution is -2.41. The molecule has 15 heavy (non-hydrogen) atoms. The minimum atomic E-state index is -3.13. The molecule has 0 saturated carbocycles. The minimum absolute atomic E-state index is 0.0233. The van der Waals surface area contributed by atoms with Gasteiger partial charge in [-0.25, -0.2) is 8.42 Å². The molecule has 0 rings (SSSR count). The maximum Gasteiger partial charge on any atom is 0.214 e. The van der Waals surface area contributed by atoms with E-state index in [9.17, 15) is 8.42 Å². The van der Waals surface area contributed by atoms with Gasteiger partial charge in [-0.2, -0.15) is 4.31 Å². The predicted molar refractivity (Wildman–Crippen MR) is 64.1 cm³/mol. The smallest absolute Gasteiger partial charge is 0.214 e. The quantitative estimate of drug-likeness (QED) is 0.718. The van der Waals surface area contributed by atoms with Crippen LogP contribution in [-0.2, 0) is 10.0 Å². The second-order valence-electron chi connectivity index (χ2n) is 4.52. The Hall–Kier alpha value is -0.130. The van der Waals surface area contributed by atoms with Crippen LogP contribution in [0.2, 0.25) is 0 Å². The van der Waals surface area contributed by atoms with Crippen molar-refractivity contribution in [1.82, 2.24) is 4.31 Å². The van der Waals surface area contributed by atoms with E-state index in [0.717, 1.165) is 0 Å². The van der Waals surface area contributed by atoms with Gasteiger partial charge in [0.05, 0.1) is 5.75 Å². The molecule has 0 fully saturated rings. The van der Waals surface area contributed by atoms with Crippen LogP contribution in [0, 0.1) is 5.92 Å². The second-order valence-corrected chi connectivity index (χ2v) is 6.56. The Morgan fingerprint density at radius 2 is 1.73 bits per heavy atom. The van der Waals surface area contributed by atoms with Crippen LogP contribution in [0.4, 0.5) is 0 Å². The third-order valence-electron chi connectivity index (χ3n) is 2.08. The van der Waals surface area contributed by atoms with Crippen molar-refractivity contribution >= 4 is 10.0 Å². The summed E-state index contributed by atoms with van der Waals surface area (Å²) >= 11 is 0.